The van der Waals surface area contributed by atoms with E-state index in [0.29, 0.717) is 5.56 Å². The zero-order chi connectivity index (χ0) is 11.0. The topological polar surface area (TPSA) is 41.6 Å². The van der Waals surface area contributed by atoms with E-state index in [1.54, 1.807) is 0 Å². The number of nitrogens with zero attached hydrogens (tertiary/aromatic N) is 3. The summed E-state index contributed by atoms with van der Waals surface area (Å²) in [6.07, 6.45) is 0. The number of fused-ring (bicyclic) bond motifs is 1. The van der Waals surface area contributed by atoms with Crippen LogP contribution in [0.5, 0.6) is 0 Å². The summed E-state index contributed by atoms with van der Waals surface area (Å²) in [7, 11) is 0. The molecule has 0 aliphatic carbocycles. The summed E-state index contributed by atoms with van der Waals surface area (Å²) < 4.78 is 3.06. The van der Waals surface area contributed by atoms with Crippen LogP contribution in [-0.4, -0.2) is 9.55 Å². The van der Waals surface area contributed by atoms with Gasteiger partial charge < -0.3 is 4.57 Å². The lowest BCUT2D eigenvalue weighted by Gasteiger charge is -2.03. The van der Waals surface area contributed by atoms with E-state index in [0.717, 1.165) is 27.9 Å². The molecule has 1 heterocycles. The van der Waals surface area contributed by atoms with Crippen LogP contribution in [0.15, 0.2) is 16.6 Å². The molecular formula is C11H10BrN3. The van der Waals surface area contributed by atoms with Crippen molar-refractivity contribution in [3.63, 3.8) is 0 Å². The number of rotatable bonds is 1. The maximum atomic E-state index is 8.85. The Hall–Kier alpha value is -1.34. The van der Waals surface area contributed by atoms with Crippen LogP contribution in [0.1, 0.15) is 18.3 Å². The van der Waals surface area contributed by atoms with Crippen molar-refractivity contribution in [2.45, 2.75) is 20.4 Å². The van der Waals surface area contributed by atoms with E-state index >= 15 is 0 Å². The van der Waals surface area contributed by atoms with Gasteiger partial charge >= 0.3 is 0 Å². The van der Waals surface area contributed by atoms with Crippen LogP contribution in [0.4, 0.5) is 0 Å². The molecule has 0 aliphatic rings. The highest BCUT2D eigenvalue weighted by Gasteiger charge is 2.10. The molecule has 0 aliphatic heterocycles. The Morgan fingerprint density at radius 2 is 2.27 bits per heavy atom. The first kappa shape index (κ1) is 10.2. The van der Waals surface area contributed by atoms with Gasteiger partial charge in [-0.25, -0.2) is 4.98 Å². The third kappa shape index (κ3) is 1.53. The molecule has 0 unspecified atom stereocenters. The third-order valence-corrected chi connectivity index (χ3v) is 3.04. The van der Waals surface area contributed by atoms with E-state index in [-0.39, 0.29) is 0 Å². The van der Waals surface area contributed by atoms with Crippen LogP contribution >= 0.6 is 15.9 Å². The Labute approximate surface area is 96.5 Å². The summed E-state index contributed by atoms with van der Waals surface area (Å²) in [6.45, 7) is 4.94. The van der Waals surface area contributed by atoms with Crippen molar-refractivity contribution in [2.24, 2.45) is 0 Å². The smallest absolute Gasteiger partial charge is 0.106 e. The van der Waals surface area contributed by atoms with E-state index in [4.69, 9.17) is 5.26 Å². The van der Waals surface area contributed by atoms with Crippen molar-refractivity contribution in [2.75, 3.05) is 0 Å². The molecule has 76 valence electrons. The average molecular weight is 264 g/mol. The van der Waals surface area contributed by atoms with Crippen LogP contribution < -0.4 is 0 Å². The van der Waals surface area contributed by atoms with Crippen molar-refractivity contribution >= 4 is 27.0 Å². The number of benzene rings is 1. The zero-order valence-electron chi connectivity index (χ0n) is 8.58. The Balaban J connectivity index is 2.86. The minimum absolute atomic E-state index is 0.634. The lowest BCUT2D eigenvalue weighted by Crippen LogP contribution is -1.96. The molecule has 0 fully saturated rings. The fourth-order valence-corrected chi connectivity index (χ4v) is 2.45. The van der Waals surface area contributed by atoms with Crippen LogP contribution in [0, 0.1) is 18.3 Å². The molecule has 1 aromatic heterocycles. The molecule has 15 heavy (non-hydrogen) atoms. The van der Waals surface area contributed by atoms with Crippen molar-refractivity contribution in [1.82, 2.24) is 9.55 Å². The number of nitriles is 1. The summed E-state index contributed by atoms with van der Waals surface area (Å²) in [5.74, 6) is 0.975. The first-order chi connectivity index (χ1) is 7.17. The largest absolute Gasteiger partial charge is 0.328 e. The van der Waals surface area contributed by atoms with Gasteiger partial charge in [0.1, 0.15) is 5.82 Å². The molecule has 0 spiro atoms. The van der Waals surface area contributed by atoms with Gasteiger partial charge in [0.25, 0.3) is 0 Å². The molecule has 0 bridgehead atoms. The minimum Gasteiger partial charge on any atom is -0.328 e. The fraction of sp³-hybridized carbons (Fsp3) is 0.273. The SMILES string of the molecule is CCn1c(C)nc2cc(C#N)cc(Br)c21. The standard InChI is InChI=1S/C11H10BrN3/c1-3-15-7(2)14-10-5-8(6-13)4-9(12)11(10)15/h4-5H,3H2,1-2H3. The number of aryl methyl sites for hydroxylation is 2. The van der Waals surface area contributed by atoms with Gasteiger partial charge in [-0.3, -0.25) is 0 Å². The highest BCUT2D eigenvalue weighted by molar-refractivity contribution is 9.10. The second-order valence-electron chi connectivity index (χ2n) is 3.34. The van der Waals surface area contributed by atoms with Gasteiger partial charge in [0.05, 0.1) is 22.7 Å². The van der Waals surface area contributed by atoms with Gasteiger partial charge in [0.2, 0.25) is 0 Å². The lowest BCUT2D eigenvalue weighted by atomic mass is 10.2. The lowest BCUT2D eigenvalue weighted by molar-refractivity contribution is 0.752. The van der Waals surface area contributed by atoms with Crippen LogP contribution in [-0.2, 0) is 6.54 Å². The first-order valence-electron chi connectivity index (χ1n) is 4.74. The van der Waals surface area contributed by atoms with E-state index in [2.05, 4.69) is 38.5 Å². The number of hydrogen-bond acceptors (Lipinski definition) is 2. The first-order valence-corrected chi connectivity index (χ1v) is 5.53. The molecule has 0 atom stereocenters. The van der Waals surface area contributed by atoms with Gasteiger partial charge in [-0.05, 0) is 41.9 Å². The predicted molar refractivity (Wildman–Crippen MR) is 62.6 cm³/mol. The summed E-state index contributed by atoms with van der Waals surface area (Å²) in [6, 6.07) is 5.78. The molecule has 0 saturated carbocycles. The highest BCUT2D eigenvalue weighted by Crippen LogP contribution is 2.26. The quantitative estimate of drug-likeness (QED) is 0.794. The normalized spacial score (nSPS) is 10.5. The van der Waals surface area contributed by atoms with Gasteiger partial charge in [0, 0.05) is 11.0 Å². The third-order valence-electron chi connectivity index (χ3n) is 2.43. The number of aromatic nitrogens is 2. The Morgan fingerprint density at radius 1 is 1.53 bits per heavy atom. The molecule has 2 aromatic rings. The number of hydrogen-bond donors (Lipinski definition) is 0. The maximum absolute atomic E-state index is 8.85. The molecule has 0 amide bonds. The Morgan fingerprint density at radius 3 is 2.87 bits per heavy atom. The van der Waals surface area contributed by atoms with Crippen molar-refractivity contribution in [3.8, 4) is 6.07 Å². The minimum atomic E-state index is 0.634. The second-order valence-corrected chi connectivity index (χ2v) is 4.20. The van der Waals surface area contributed by atoms with Crippen LogP contribution in [0.25, 0.3) is 11.0 Å². The number of imidazole rings is 1. The van der Waals surface area contributed by atoms with Crippen molar-refractivity contribution < 1.29 is 0 Å². The molecule has 0 saturated heterocycles. The zero-order valence-corrected chi connectivity index (χ0v) is 10.2. The molecule has 3 nitrogen and oxygen atoms in total. The molecule has 0 N–H and O–H groups in total. The molecular weight excluding hydrogens is 254 g/mol. The van der Waals surface area contributed by atoms with Gasteiger partial charge in [-0.1, -0.05) is 0 Å². The van der Waals surface area contributed by atoms with E-state index in [1.165, 1.54) is 0 Å². The van der Waals surface area contributed by atoms with Gasteiger partial charge in [-0.2, -0.15) is 5.26 Å². The highest BCUT2D eigenvalue weighted by atomic mass is 79.9. The second kappa shape index (κ2) is 3.67. The Kier molecular flexibility index (Phi) is 2.49. The predicted octanol–water partition coefficient (Wildman–Crippen LogP) is 3.00. The monoisotopic (exact) mass is 263 g/mol. The van der Waals surface area contributed by atoms with E-state index in [9.17, 15) is 0 Å². The van der Waals surface area contributed by atoms with E-state index in [1.807, 2.05) is 19.1 Å². The van der Waals surface area contributed by atoms with Gasteiger partial charge in [0.15, 0.2) is 0 Å². The molecule has 4 heteroatoms. The summed E-state index contributed by atoms with van der Waals surface area (Å²) in [5, 5.41) is 8.85. The van der Waals surface area contributed by atoms with Crippen LogP contribution in [0.2, 0.25) is 0 Å². The molecule has 1 aromatic carbocycles. The van der Waals surface area contributed by atoms with E-state index < -0.39 is 0 Å². The van der Waals surface area contributed by atoms with Gasteiger partial charge in [-0.15, -0.1) is 0 Å². The molecule has 2 rings (SSSR count). The summed E-state index contributed by atoms with van der Waals surface area (Å²) in [5.41, 5.74) is 2.57. The summed E-state index contributed by atoms with van der Waals surface area (Å²) >= 11 is 3.48. The molecule has 0 radical (unpaired) electrons. The fourth-order valence-electron chi connectivity index (χ4n) is 1.78. The summed E-state index contributed by atoms with van der Waals surface area (Å²) in [4.78, 5) is 4.44. The van der Waals surface area contributed by atoms with Crippen molar-refractivity contribution in [1.29, 1.82) is 5.26 Å². The number of halogens is 1. The van der Waals surface area contributed by atoms with Crippen LogP contribution in [0.3, 0.4) is 0 Å². The maximum Gasteiger partial charge on any atom is 0.106 e. The Bertz CT molecular complexity index is 563. The average Bonchev–Trinajstić information content (AvgIpc) is 2.53. The van der Waals surface area contributed by atoms with Crippen molar-refractivity contribution in [3.05, 3.63) is 28.0 Å².